The van der Waals surface area contributed by atoms with Crippen molar-refractivity contribution in [1.29, 1.82) is 0 Å². The van der Waals surface area contributed by atoms with E-state index >= 15 is 0 Å². The third-order valence-electron chi connectivity index (χ3n) is 5.56. The standard InChI is InChI=1S/C21H27N5O3/c1-25-7-9-26(10-8-25)11-12-29-19-6-5-15(13-23-19)24-21(28)16-14-22-17-3-2-4-18(27)20(16)17/h5-6,13-14,22H,2-4,7-12H2,1H3,(H,24,28). The molecule has 0 spiro atoms. The predicted molar refractivity (Wildman–Crippen MR) is 110 cm³/mol. The first kappa shape index (κ1) is 19.6. The molecule has 1 saturated heterocycles. The Kier molecular flexibility index (Phi) is 5.92. The third kappa shape index (κ3) is 4.65. The van der Waals surface area contributed by atoms with Gasteiger partial charge in [0.2, 0.25) is 5.88 Å². The molecule has 2 aliphatic rings. The Morgan fingerprint density at radius 3 is 2.83 bits per heavy atom. The summed E-state index contributed by atoms with van der Waals surface area (Å²) >= 11 is 0. The molecule has 1 aliphatic carbocycles. The Bertz CT molecular complexity index is 869. The maximum absolute atomic E-state index is 12.6. The van der Waals surface area contributed by atoms with E-state index in [1.165, 1.54) is 0 Å². The number of aromatic nitrogens is 2. The fourth-order valence-electron chi connectivity index (χ4n) is 3.80. The van der Waals surface area contributed by atoms with E-state index in [1.807, 2.05) is 0 Å². The van der Waals surface area contributed by atoms with Crippen LogP contribution in [0.25, 0.3) is 0 Å². The van der Waals surface area contributed by atoms with Gasteiger partial charge in [-0.15, -0.1) is 0 Å². The molecule has 2 N–H and O–H groups in total. The molecule has 4 rings (SSSR count). The summed E-state index contributed by atoms with van der Waals surface area (Å²) in [4.78, 5) is 36.8. The van der Waals surface area contributed by atoms with Crippen molar-refractivity contribution in [3.63, 3.8) is 0 Å². The first-order chi connectivity index (χ1) is 14.1. The molecule has 154 valence electrons. The maximum atomic E-state index is 12.6. The van der Waals surface area contributed by atoms with Gasteiger partial charge in [0, 0.05) is 57.1 Å². The molecule has 2 aromatic rings. The molecule has 0 unspecified atom stereocenters. The van der Waals surface area contributed by atoms with Crippen molar-refractivity contribution in [1.82, 2.24) is 19.8 Å². The Balaban J connectivity index is 1.29. The molecule has 1 amide bonds. The van der Waals surface area contributed by atoms with E-state index in [2.05, 4.69) is 32.1 Å². The smallest absolute Gasteiger partial charge is 0.257 e. The lowest BCUT2D eigenvalue weighted by molar-refractivity contribution is 0.0956. The molecule has 1 aliphatic heterocycles. The number of H-pyrrole nitrogens is 1. The number of ether oxygens (including phenoxy) is 1. The van der Waals surface area contributed by atoms with Crippen LogP contribution >= 0.6 is 0 Å². The van der Waals surface area contributed by atoms with Crippen LogP contribution in [0.3, 0.4) is 0 Å². The molecular formula is C21H27N5O3. The molecule has 29 heavy (non-hydrogen) atoms. The van der Waals surface area contributed by atoms with Crippen LogP contribution in [0.2, 0.25) is 0 Å². The monoisotopic (exact) mass is 397 g/mol. The number of amides is 1. The van der Waals surface area contributed by atoms with E-state index in [0.29, 0.717) is 35.7 Å². The van der Waals surface area contributed by atoms with Crippen LogP contribution in [0.15, 0.2) is 24.5 Å². The van der Waals surface area contributed by atoms with Crippen molar-refractivity contribution in [2.24, 2.45) is 0 Å². The van der Waals surface area contributed by atoms with Crippen molar-refractivity contribution in [2.45, 2.75) is 19.3 Å². The lowest BCUT2D eigenvalue weighted by Gasteiger charge is -2.32. The van der Waals surface area contributed by atoms with Crippen LogP contribution < -0.4 is 10.1 Å². The topological polar surface area (TPSA) is 90.6 Å². The molecule has 8 nitrogen and oxygen atoms in total. The number of carbonyl (C=O) groups is 2. The van der Waals surface area contributed by atoms with E-state index in [-0.39, 0.29) is 11.7 Å². The van der Waals surface area contributed by atoms with E-state index in [0.717, 1.165) is 51.3 Å². The normalized spacial score (nSPS) is 17.8. The largest absolute Gasteiger partial charge is 0.476 e. The number of piperazine rings is 1. The van der Waals surface area contributed by atoms with Crippen LogP contribution in [-0.2, 0) is 6.42 Å². The highest BCUT2D eigenvalue weighted by Crippen LogP contribution is 2.25. The Morgan fingerprint density at radius 2 is 2.07 bits per heavy atom. The van der Waals surface area contributed by atoms with Gasteiger partial charge in [-0.3, -0.25) is 14.5 Å². The molecule has 0 atom stereocenters. The summed E-state index contributed by atoms with van der Waals surface area (Å²) in [6.07, 6.45) is 5.31. The minimum Gasteiger partial charge on any atom is -0.476 e. The number of ketones is 1. The average molecular weight is 397 g/mol. The van der Waals surface area contributed by atoms with Crippen LogP contribution in [-0.4, -0.2) is 77.8 Å². The van der Waals surface area contributed by atoms with Gasteiger partial charge in [-0.1, -0.05) is 0 Å². The number of aryl methyl sites for hydroxylation is 1. The van der Waals surface area contributed by atoms with Gasteiger partial charge in [0.1, 0.15) is 6.61 Å². The summed E-state index contributed by atoms with van der Waals surface area (Å²) in [6.45, 7) is 5.75. The van der Waals surface area contributed by atoms with Crippen molar-refractivity contribution in [3.05, 3.63) is 41.3 Å². The van der Waals surface area contributed by atoms with Crippen molar-refractivity contribution >= 4 is 17.4 Å². The Morgan fingerprint density at radius 1 is 1.24 bits per heavy atom. The number of hydrogen-bond acceptors (Lipinski definition) is 6. The number of carbonyl (C=O) groups excluding carboxylic acids is 2. The van der Waals surface area contributed by atoms with Crippen LogP contribution in [0.1, 0.15) is 39.3 Å². The summed E-state index contributed by atoms with van der Waals surface area (Å²) in [5, 5.41) is 2.81. The molecule has 0 bridgehead atoms. The van der Waals surface area contributed by atoms with Gasteiger partial charge in [0.25, 0.3) is 5.91 Å². The molecule has 0 radical (unpaired) electrons. The number of rotatable bonds is 6. The maximum Gasteiger partial charge on any atom is 0.257 e. The van der Waals surface area contributed by atoms with Crippen LogP contribution in [0.4, 0.5) is 5.69 Å². The summed E-state index contributed by atoms with van der Waals surface area (Å²) in [6, 6.07) is 3.51. The highest BCUT2D eigenvalue weighted by molar-refractivity contribution is 6.13. The fraction of sp³-hybridized carbons (Fsp3) is 0.476. The zero-order valence-electron chi connectivity index (χ0n) is 16.7. The molecule has 2 aromatic heterocycles. The van der Waals surface area contributed by atoms with Gasteiger partial charge in [-0.25, -0.2) is 4.98 Å². The van der Waals surface area contributed by atoms with Gasteiger partial charge in [-0.2, -0.15) is 0 Å². The number of nitrogens with one attached hydrogen (secondary N) is 2. The number of Topliss-reactive ketones (excluding diaryl/α,β-unsaturated/α-hetero) is 1. The second kappa shape index (κ2) is 8.75. The summed E-state index contributed by atoms with van der Waals surface area (Å²) in [5.41, 5.74) is 2.36. The number of anilines is 1. The molecule has 0 saturated carbocycles. The quantitative estimate of drug-likeness (QED) is 0.773. The van der Waals surface area contributed by atoms with Gasteiger partial charge in [0.05, 0.1) is 23.0 Å². The lowest BCUT2D eigenvalue weighted by Crippen LogP contribution is -2.45. The van der Waals surface area contributed by atoms with Crippen LogP contribution in [0, 0.1) is 0 Å². The summed E-state index contributed by atoms with van der Waals surface area (Å²) in [5.74, 6) is 0.259. The highest BCUT2D eigenvalue weighted by Gasteiger charge is 2.25. The molecule has 8 heteroatoms. The molecular weight excluding hydrogens is 370 g/mol. The van der Waals surface area contributed by atoms with E-state index in [9.17, 15) is 9.59 Å². The first-order valence-corrected chi connectivity index (χ1v) is 10.1. The Labute approximate surface area is 170 Å². The number of likely N-dealkylation sites (N-methyl/N-ethyl adjacent to an activating group) is 1. The zero-order chi connectivity index (χ0) is 20.2. The SMILES string of the molecule is CN1CCN(CCOc2ccc(NC(=O)c3c[nH]c4c3C(=O)CCC4)cn2)CC1. The van der Waals surface area contributed by atoms with Crippen molar-refractivity contribution in [3.8, 4) is 5.88 Å². The lowest BCUT2D eigenvalue weighted by atomic mass is 9.93. The predicted octanol–water partition coefficient (Wildman–Crippen LogP) is 1.81. The van der Waals surface area contributed by atoms with Gasteiger partial charge >= 0.3 is 0 Å². The van der Waals surface area contributed by atoms with Crippen LogP contribution in [0.5, 0.6) is 5.88 Å². The number of fused-ring (bicyclic) bond motifs is 1. The Hall–Kier alpha value is -2.71. The summed E-state index contributed by atoms with van der Waals surface area (Å²) < 4.78 is 5.73. The third-order valence-corrected chi connectivity index (χ3v) is 5.56. The number of nitrogens with zero attached hydrogens (tertiary/aromatic N) is 3. The summed E-state index contributed by atoms with van der Waals surface area (Å²) in [7, 11) is 2.14. The number of aromatic amines is 1. The zero-order valence-corrected chi connectivity index (χ0v) is 16.7. The second-order valence-electron chi connectivity index (χ2n) is 7.67. The van der Waals surface area contributed by atoms with Gasteiger partial charge in [-0.05, 0) is 26.0 Å². The molecule has 3 heterocycles. The van der Waals surface area contributed by atoms with Crippen molar-refractivity contribution in [2.75, 3.05) is 51.7 Å². The molecule has 1 fully saturated rings. The fourth-order valence-corrected chi connectivity index (χ4v) is 3.80. The van der Waals surface area contributed by atoms with Gasteiger partial charge < -0.3 is 19.9 Å². The number of pyridine rings is 1. The number of hydrogen-bond donors (Lipinski definition) is 2. The second-order valence-corrected chi connectivity index (χ2v) is 7.67. The van der Waals surface area contributed by atoms with E-state index in [4.69, 9.17) is 4.74 Å². The average Bonchev–Trinajstić information content (AvgIpc) is 3.17. The first-order valence-electron chi connectivity index (χ1n) is 10.1. The highest BCUT2D eigenvalue weighted by atomic mass is 16.5. The minimum absolute atomic E-state index is 0.0277. The minimum atomic E-state index is -0.303. The molecule has 0 aromatic carbocycles. The van der Waals surface area contributed by atoms with Crippen molar-refractivity contribution < 1.29 is 14.3 Å². The van der Waals surface area contributed by atoms with E-state index < -0.39 is 0 Å². The van der Waals surface area contributed by atoms with Gasteiger partial charge in [0.15, 0.2) is 5.78 Å². The van der Waals surface area contributed by atoms with E-state index in [1.54, 1.807) is 24.5 Å².